The zero-order valence-corrected chi connectivity index (χ0v) is 16.3. The Morgan fingerprint density at radius 2 is 2.04 bits per heavy atom. The van der Waals surface area contributed by atoms with Crippen LogP contribution in [0.25, 0.3) is 0 Å². The van der Waals surface area contributed by atoms with Gasteiger partial charge in [-0.05, 0) is 50.1 Å². The molecule has 1 saturated carbocycles. The Labute approximate surface area is 165 Å². The first-order valence-electron chi connectivity index (χ1n) is 8.56. The molecule has 0 spiro atoms. The summed E-state index contributed by atoms with van der Waals surface area (Å²) in [6.45, 7) is 0. The number of carbonyl (C=O) groups excluding carboxylic acids is 2. The lowest BCUT2D eigenvalue weighted by Gasteiger charge is -2.28. The molecule has 0 aliphatic heterocycles. The highest BCUT2D eigenvalue weighted by molar-refractivity contribution is 7.98. The first kappa shape index (κ1) is 19.6. The predicted octanol–water partition coefficient (Wildman–Crippen LogP) is 3.68. The van der Waals surface area contributed by atoms with E-state index in [1.54, 1.807) is 12.1 Å². The van der Waals surface area contributed by atoms with Crippen LogP contribution in [0.3, 0.4) is 0 Å². The summed E-state index contributed by atoms with van der Waals surface area (Å²) in [6, 6.07) is 4.89. The Morgan fingerprint density at radius 1 is 1.30 bits per heavy atom. The molecule has 1 aliphatic carbocycles. The number of rotatable bonds is 5. The molecule has 0 bridgehead atoms. The molecule has 2 aromatic heterocycles. The molecule has 0 atom stereocenters. The third-order valence-corrected chi connectivity index (χ3v) is 5.36. The van der Waals surface area contributed by atoms with Crippen molar-refractivity contribution in [1.82, 2.24) is 10.3 Å². The molecule has 0 aromatic carbocycles. The van der Waals surface area contributed by atoms with Crippen molar-refractivity contribution in [3.8, 4) is 5.88 Å². The largest absolute Gasteiger partial charge is 0.492 e. The molecule has 7 nitrogen and oxygen atoms in total. The maximum atomic E-state index is 12.4. The Kier molecular flexibility index (Phi) is 6.28. The lowest BCUT2D eigenvalue weighted by molar-refractivity contribution is -0.120. The van der Waals surface area contributed by atoms with Gasteiger partial charge in [-0.25, -0.2) is 4.98 Å². The highest BCUT2D eigenvalue weighted by Crippen LogP contribution is 2.29. The van der Waals surface area contributed by atoms with Gasteiger partial charge in [-0.15, -0.1) is 0 Å². The summed E-state index contributed by atoms with van der Waals surface area (Å²) in [6.07, 6.45) is 5.85. The SMILES string of the molecule is CSc1ccc(C(=O)NC2CCC(C(=O)Nc3cc(Cl)cnc3O)CC2)o1. The van der Waals surface area contributed by atoms with Gasteiger partial charge in [0.05, 0.1) is 5.02 Å². The number of carbonyl (C=O) groups is 2. The lowest BCUT2D eigenvalue weighted by atomic mass is 9.85. The average Bonchev–Trinajstić information content (AvgIpc) is 3.14. The molecule has 0 unspecified atom stereocenters. The molecule has 1 aliphatic rings. The summed E-state index contributed by atoms with van der Waals surface area (Å²) in [5, 5.41) is 16.4. The van der Waals surface area contributed by atoms with E-state index in [9.17, 15) is 14.7 Å². The number of anilines is 1. The number of hydrogen-bond acceptors (Lipinski definition) is 6. The van der Waals surface area contributed by atoms with Crippen LogP contribution in [0.5, 0.6) is 5.88 Å². The molecule has 3 rings (SSSR count). The fourth-order valence-electron chi connectivity index (χ4n) is 3.07. The van der Waals surface area contributed by atoms with E-state index < -0.39 is 0 Å². The molecule has 2 amide bonds. The lowest BCUT2D eigenvalue weighted by Crippen LogP contribution is -2.39. The first-order chi connectivity index (χ1) is 13.0. The van der Waals surface area contributed by atoms with E-state index in [0.29, 0.717) is 41.6 Å². The third kappa shape index (κ3) is 4.95. The molecular weight excluding hydrogens is 390 g/mol. The molecule has 0 saturated heterocycles. The van der Waals surface area contributed by atoms with Crippen molar-refractivity contribution in [3.63, 3.8) is 0 Å². The first-order valence-corrected chi connectivity index (χ1v) is 10.2. The Balaban J connectivity index is 1.50. The second-order valence-electron chi connectivity index (χ2n) is 6.36. The minimum atomic E-state index is -0.267. The van der Waals surface area contributed by atoms with Gasteiger partial charge in [0, 0.05) is 18.2 Å². The number of nitrogens with one attached hydrogen (secondary N) is 2. The van der Waals surface area contributed by atoms with Crippen LogP contribution in [0.2, 0.25) is 5.02 Å². The third-order valence-electron chi connectivity index (χ3n) is 4.53. The quantitative estimate of drug-likeness (QED) is 0.650. The molecule has 1 fully saturated rings. The van der Waals surface area contributed by atoms with E-state index in [2.05, 4.69) is 15.6 Å². The number of nitrogens with zero attached hydrogens (tertiary/aromatic N) is 1. The monoisotopic (exact) mass is 409 g/mol. The highest BCUT2D eigenvalue weighted by Gasteiger charge is 2.28. The van der Waals surface area contributed by atoms with Crippen molar-refractivity contribution in [3.05, 3.63) is 35.2 Å². The van der Waals surface area contributed by atoms with Crippen LogP contribution in [0.1, 0.15) is 36.2 Å². The van der Waals surface area contributed by atoms with Crippen molar-refractivity contribution in [2.45, 2.75) is 36.8 Å². The standard InChI is InChI=1S/C18H20ClN3O4S/c1-27-15-7-6-14(26-15)18(25)21-12-4-2-10(3-5-12)16(23)22-13-8-11(19)9-20-17(13)24/h6-10,12H,2-5H2,1H3,(H,20,24)(H,21,25)(H,22,23). The summed E-state index contributed by atoms with van der Waals surface area (Å²) in [5.41, 5.74) is 0.199. The molecule has 0 radical (unpaired) electrons. The fraction of sp³-hybridized carbons (Fsp3) is 0.389. The van der Waals surface area contributed by atoms with Crippen molar-refractivity contribution in [2.75, 3.05) is 11.6 Å². The second kappa shape index (κ2) is 8.67. The number of pyridine rings is 1. The second-order valence-corrected chi connectivity index (χ2v) is 7.61. The van der Waals surface area contributed by atoms with E-state index >= 15 is 0 Å². The Bertz CT molecular complexity index is 834. The van der Waals surface area contributed by atoms with Gasteiger partial charge in [0.15, 0.2) is 10.9 Å². The maximum absolute atomic E-state index is 12.4. The van der Waals surface area contributed by atoms with Crippen molar-refractivity contribution < 1.29 is 19.1 Å². The number of halogens is 1. The van der Waals surface area contributed by atoms with Crippen LogP contribution in [0.15, 0.2) is 33.9 Å². The van der Waals surface area contributed by atoms with Crippen LogP contribution < -0.4 is 10.6 Å². The van der Waals surface area contributed by atoms with Gasteiger partial charge in [0.2, 0.25) is 11.8 Å². The van der Waals surface area contributed by atoms with Crippen LogP contribution in [0, 0.1) is 5.92 Å². The number of furan rings is 1. The van der Waals surface area contributed by atoms with Gasteiger partial charge in [-0.2, -0.15) is 0 Å². The van der Waals surface area contributed by atoms with E-state index in [0.717, 1.165) is 0 Å². The van der Waals surface area contributed by atoms with E-state index in [4.69, 9.17) is 16.0 Å². The molecule has 2 aromatic rings. The zero-order chi connectivity index (χ0) is 19.4. The minimum Gasteiger partial charge on any atom is -0.492 e. The fourth-order valence-corrected chi connectivity index (χ4v) is 3.60. The predicted molar refractivity (Wildman–Crippen MR) is 103 cm³/mol. The molecular formula is C18H20ClN3O4S. The number of aromatic hydroxyl groups is 1. The highest BCUT2D eigenvalue weighted by atomic mass is 35.5. The summed E-state index contributed by atoms with van der Waals surface area (Å²) < 4.78 is 5.43. The number of hydrogen-bond donors (Lipinski definition) is 3. The van der Waals surface area contributed by atoms with Crippen LogP contribution in [0.4, 0.5) is 5.69 Å². The van der Waals surface area contributed by atoms with Crippen molar-refractivity contribution >= 4 is 40.9 Å². The van der Waals surface area contributed by atoms with Gasteiger partial charge in [0.25, 0.3) is 5.91 Å². The molecule has 3 N–H and O–H groups in total. The van der Waals surface area contributed by atoms with Crippen molar-refractivity contribution in [1.29, 1.82) is 0 Å². The van der Waals surface area contributed by atoms with E-state index in [1.165, 1.54) is 24.0 Å². The van der Waals surface area contributed by atoms with Gasteiger partial charge in [0.1, 0.15) is 5.69 Å². The van der Waals surface area contributed by atoms with Gasteiger partial charge in [-0.3, -0.25) is 9.59 Å². The number of aromatic nitrogens is 1. The average molecular weight is 410 g/mol. The maximum Gasteiger partial charge on any atom is 0.287 e. The minimum absolute atomic E-state index is 0.00520. The molecule has 27 heavy (non-hydrogen) atoms. The molecule has 9 heteroatoms. The molecule has 2 heterocycles. The topological polar surface area (TPSA) is 104 Å². The van der Waals surface area contributed by atoms with Crippen LogP contribution in [-0.2, 0) is 4.79 Å². The Hall–Kier alpha value is -2.19. The summed E-state index contributed by atoms with van der Waals surface area (Å²) in [7, 11) is 0. The number of thioether (sulfide) groups is 1. The van der Waals surface area contributed by atoms with Crippen molar-refractivity contribution in [2.24, 2.45) is 5.92 Å². The summed E-state index contributed by atoms with van der Waals surface area (Å²) in [5.74, 6) is -0.587. The Morgan fingerprint density at radius 3 is 2.70 bits per heavy atom. The number of amides is 2. The van der Waals surface area contributed by atoms with E-state index in [1.807, 2.05) is 6.26 Å². The summed E-state index contributed by atoms with van der Waals surface area (Å²) >= 11 is 7.28. The summed E-state index contributed by atoms with van der Waals surface area (Å²) in [4.78, 5) is 28.4. The van der Waals surface area contributed by atoms with E-state index in [-0.39, 0.29) is 35.3 Å². The normalized spacial score (nSPS) is 19.5. The zero-order valence-electron chi connectivity index (χ0n) is 14.7. The smallest absolute Gasteiger partial charge is 0.287 e. The van der Waals surface area contributed by atoms with Gasteiger partial charge >= 0.3 is 0 Å². The molecule has 144 valence electrons. The van der Waals surface area contributed by atoms with Crippen LogP contribution in [-0.4, -0.2) is 34.2 Å². The van der Waals surface area contributed by atoms with Crippen LogP contribution >= 0.6 is 23.4 Å². The van der Waals surface area contributed by atoms with Gasteiger partial charge < -0.3 is 20.2 Å². The van der Waals surface area contributed by atoms with Gasteiger partial charge in [-0.1, -0.05) is 23.4 Å².